The summed E-state index contributed by atoms with van der Waals surface area (Å²) in [5.41, 5.74) is 0.590. The number of anilines is 1. The monoisotopic (exact) mass is 345 g/mol. The van der Waals surface area contributed by atoms with Gasteiger partial charge in [-0.25, -0.2) is 4.39 Å². The van der Waals surface area contributed by atoms with Crippen LogP contribution in [0.15, 0.2) is 48.5 Å². The van der Waals surface area contributed by atoms with Crippen LogP contribution in [0.5, 0.6) is 11.5 Å². The van der Waals surface area contributed by atoms with Crippen molar-refractivity contribution in [3.8, 4) is 11.5 Å². The van der Waals surface area contributed by atoms with Crippen molar-refractivity contribution in [1.82, 2.24) is 0 Å². The zero-order valence-corrected chi connectivity index (χ0v) is 13.7. The summed E-state index contributed by atoms with van der Waals surface area (Å²) in [6.45, 7) is 1.00. The van der Waals surface area contributed by atoms with Gasteiger partial charge in [0.15, 0.2) is 18.2 Å². The van der Waals surface area contributed by atoms with Crippen LogP contribution >= 0.6 is 0 Å². The lowest BCUT2D eigenvalue weighted by Gasteiger charge is -2.13. The van der Waals surface area contributed by atoms with Gasteiger partial charge in [-0.05, 0) is 37.1 Å². The number of para-hydroxylation sites is 1. The van der Waals surface area contributed by atoms with Crippen LogP contribution in [0.25, 0.3) is 0 Å². The number of carbonyl (C=O) groups is 1. The summed E-state index contributed by atoms with van der Waals surface area (Å²) >= 11 is 0. The molecular weight excluding hydrogens is 325 g/mol. The van der Waals surface area contributed by atoms with Crippen molar-refractivity contribution in [3.63, 3.8) is 0 Å². The van der Waals surface area contributed by atoms with Gasteiger partial charge in [0.25, 0.3) is 5.91 Å². The summed E-state index contributed by atoms with van der Waals surface area (Å²) in [5, 5.41) is 2.70. The highest BCUT2D eigenvalue weighted by Gasteiger charge is 2.16. The maximum atomic E-state index is 13.4. The molecule has 5 nitrogen and oxygen atoms in total. The number of amides is 1. The quantitative estimate of drug-likeness (QED) is 0.836. The fourth-order valence-corrected chi connectivity index (χ4v) is 2.53. The molecule has 1 aliphatic rings. The van der Waals surface area contributed by atoms with Gasteiger partial charge in [0.2, 0.25) is 0 Å². The normalized spacial score (nSPS) is 16.4. The van der Waals surface area contributed by atoms with Crippen molar-refractivity contribution in [2.75, 3.05) is 25.1 Å². The van der Waals surface area contributed by atoms with E-state index in [1.54, 1.807) is 30.3 Å². The van der Waals surface area contributed by atoms with E-state index in [2.05, 4.69) is 5.32 Å². The third-order valence-corrected chi connectivity index (χ3v) is 3.77. The molecule has 6 heteroatoms. The maximum absolute atomic E-state index is 13.4. The van der Waals surface area contributed by atoms with Crippen molar-refractivity contribution in [1.29, 1.82) is 0 Å². The molecule has 2 aromatic carbocycles. The van der Waals surface area contributed by atoms with Crippen molar-refractivity contribution in [2.24, 2.45) is 0 Å². The summed E-state index contributed by atoms with van der Waals surface area (Å²) < 4.78 is 29.8. The van der Waals surface area contributed by atoms with Crippen molar-refractivity contribution < 1.29 is 23.4 Å². The Morgan fingerprint density at radius 1 is 1.20 bits per heavy atom. The van der Waals surface area contributed by atoms with E-state index >= 15 is 0 Å². The summed E-state index contributed by atoms with van der Waals surface area (Å²) in [6, 6.07) is 13.0. The van der Waals surface area contributed by atoms with Crippen molar-refractivity contribution in [3.05, 3.63) is 54.3 Å². The molecule has 1 heterocycles. The van der Waals surface area contributed by atoms with Crippen LogP contribution in [0.3, 0.4) is 0 Å². The van der Waals surface area contributed by atoms with E-state index < -0.39 is 5.82 Å². The Hall–Kier alpha value is -2.60. The van der Waals surface area contributed by atoms with E-state index in [0.717, 1.165) is 19.4 Å². The van der Waals surface area contributed by atoms with E-state index in [1.807, 2.05) is 6.07 Å². The molecule has 0 bridgehead atoms. The molecule has 0 saturated carbocycles. The summed E-state index contributed by atoms with van der Waals surface area (Å²) in [7, 11) is 0. The topological polar surface area (TPSA) is 56.8 Å². The minimum atomic E-state index is -0.500. The molecule has 132 valence electrons. The Kier molecular flexibility index (Phi) is 5.85. The fourth-order valence-electron chi connectivity index (χ4n) is 2.53. The van der Waals surface area contributed by atoms with Gasteiger partial charge in [-0.15, -0.1) is 0 Å². The Labute approximate surface area is 145 Å². The predicted molar refractivity (Wildman–Crippen MR) is 91.4 cm³/mol. The van der Waals surface area contributed by atoms with Crippen LogP contribution in [0.2, 0.25) is 0 Å². The molecule has 0 spiro atoms. The minimum Gasteiger partial charge on any atom is -0.491 e. The van der Waals surface area contributed by atoms with Crippen LogP contribution in [0, 0.1) is 5.82 Å². The minimum absolute atomic E-state index is 0.0475. The number of carbonyl (C=O) groups excluding carboxylic acids is 1. The molecule has 1 amide bonds. The smallest absolute Gasteiger partial charge is 0.262 e. The highest BCUT2D eigenvalue weighted by atomic mass is 19.1. The third-order valence-electron chi connectivity index (χ3n) is 3.77. The molecular formula is C19H20FNO4. The van der Waals surface area contributed by atoms with Gasteiger partial charge in [-0.3, -0.25) is 4.79 Å². The van der Waals surface area contributed by atoms with E-state index in [1.165, 1.54) is 12.1 Å². The lowest BCUT2D eigenvalue weighted by molar-refractivity contribution is -0.118. The van der Waals surface area contributed by atoms with E-state index in [-0.39, 0.29) is 24.4 Å². The van der Waals surface area contributed by atoms with E-state index in [4.69, 9.17) is 14.2 Å². The van der Waals surface area contributed by atoms with Crippen LogP contribution in [0.1, 0.15) is 12.8 Å². The lowest BCUT2D eigenvalue weighted by atomic mass is 10.2. The highest BCUT2D eigenvalue weighted by molar-refractivity contribution is 5.92. The highest BCUT2D eigenvalue weighted by Crippen LogP contribution is 2.20. The number of ether oxygens (including phenoxy) is 3. The van der Waals surface area contributed by atoms with E-state index in [0.29, 0.717) is 18.0 Å². The zero-order valence-electron chi connectivity index (χ0n) is 13.7. The van der Waals surface area contributed by atoms with Crippen LogP contribution in [0.4, 0.5) is 10.1 Å². The SMILES string of the molecule is O=C(COc1ccccc1F)Nc1cccc(OCC2CCCO2)c1. The van der Waals surface area contributed by atoms with Crippen molar-refractivity contribution in [2.45, 2.75) is 18.9 Å². The van der Waals surface area contributed by atoms with Gasteiger partial charge < -0.3 is 19.5 Å². The number of nitrogens with one attached hydrogen (secondary N) is 1. The fraction of sp³-hybridized carbons (Fsp3) is 0.316. The average molecular weight is 345 g/mol. The molecule has 1 atom stereocenters. The molecule has 3 rings (SSSR count). The Bertz CT molecular complexity index is 716. The van der Waals surface area contributed by atoms with Gasteiger partial charge in [0, 0.05) is 18.4 Å². The van der Waals surface area contributed by atoms with Gasteiger partial charge in [0.05, 0.1) is 6.10 Å². The third kappa shape index (κ3) is 5.19. The number of hydrogen-bond donors (Lipinski definition) is 1. The first kappa shape index (κ1) is 17.2. The first-order valence-electron chi connectivity index (χ1n) is 8.22. The molecule has 2 aromatic rings. The number of benzene rings is 2. The van der Waals surface area contributed by atoms with Gasteiger partial charge in [0.1, 0.15) is 12.4 Å². The Morgan fingerprint density at radius 3 is 2.88 bits per heavy atom. The molecule has 1 unspecified atom stereocenters. The summed E-state index contributed by atoms with van der Waals surface area (Å²) in [5.74, 6) is -0.172. The van der Waals surface area contributed by atoms with Crippen LogP contribution < -0.4 is 14.8 Å². The number of halogens is 1. The Balaban J connectivity index is 1.49. The second-order valence-electron chi connectivity index (χ2n) is 5.74. The lowest BCUT2D eigenvalue weighted by Crippen LogP contribution is -2.20. The number of hydrogen-bond acceptors (Lipinski definition) is 4. The molecule has 1 fully saturated rings. The van der Waals surface area contributed by atoms with Gasteiger partial charge >= 0.3 is 0 Å². The van der Waals surface area contributed by atoms with Gasteiger partial charge in [-0.1, -0.05) is 18.2 Å². The molecule has 1 aliphatic heterocycles. The first-order valence-corrected chi connectivity index (χ1v) is 8.22. The first-order chi connectivity index (χ1) is 12.2. The molecule has 25 heavy (non-hydrogen) atoms. The predicted octanol–water partition coefficient (Wildman–Crippen LogP) is 3.40. The van der Waals surface area contributed by atoms with Gasteiger partial charge in [-0.2, -0.15) is 0 Å². The van der Waals surface area contributed by atoms with Crippen molar-refractivity contribution >= 4 is 11.6 Å². The largest absolute Gasteiger partial charge is 0.491 e. The molecule has 0 aromatic heterocycles. The zero-order chi connectivity index (χ0) is 17.5. The van der Waals surface area contributed by atoms with Crippen LogP contribution in [-0.4, -0.2) is 31.8 Å². The molecule has 0 aliphatic carbocycles. The maximum Gasteiger partial charge on any atom is 0.262 e. The number of rotatable bonds is 7. The van der Waals surface area contributed by atoms with E-state index in [9.17, 15) is 9.18 Å². The standard InChI is InChI=1S/C19H20FNO4/c20-17-8-1-2-9-18(17)25-13-19(22)21-14-5-3-6-15(11-14)24-12-16-7-4-10-23-16/h1-3,5-6,8-9,11,16H,4,7,10,12-13H2,(H,21,22). The molecule has 1 N–H and O–H groups in total. The second kappa shape index (κ2) is 8.48. The average Bonchev–Trinajstić information content (AvgIpc) is 3.13. The Morgan fingerprint density at radius 2 is 2.08 bits per heavy atom. The molecule has 1 saturated heterocycles. The molecule has 0 radical (unpaired) electrons. The second-order valence-corrected chi connectivity index (χ2v) is 5.74. The summed E-state index contributed by atoms with van der Waals surface area (Å²) in [6.07, 6.45) is 2.20. The van der Waals surface area contributed by atoms with Crippen LogP contribution in [-0.2, 0) is 9.53 Å². The summed E-state index contributed by atoms with van der Waals surface area (Å²) in [4.78, 5) is 12.0.